The van der Waals surface area contributed by atoms with Gasteiger partial charge in [0.05, 0.1) is 0 Å². The Morgan fingerprint density at radius 3 is 3.00 bits per heavy atom. The third-order valence-corrected chi connectivity index (χ3v) is 1.20. The van der Waals surface area contributed by atoms with E-state index in [4.69, 9.17) is 5.41 Å². The van der Waals surface area contributed by atoms with Gasteiger partial charge in [-0.2, -0.15) is 0 Å². The molecule has 0 bridgehead atoms. The molecule has 0 amide bonds. The van der Waals surface area contributed by atoms with Gasteiger partial charge in [0.15, 0.2) is 0 Å². The molecule has 10 heavy (non-hydrogen) atoms. The minimum atomic E-state index is 0.396. The van der Waals surface area contributed by atoms with Crippen LogP contribution in [0.15, 0.2) is 24.5 Å². The summed E-state index contributed by atoms with van der Waals surface area (Å²) in [6.45, 7) is 0. The third-order valence-electron chi connectivity index (χ3n) is 1.20. The molecule has 52 valence electrons. The third kappa shape index (κ3) is 1.31. The minimum absolute atomic E-state index is 0.396. The number of hydrogen-bond acceptors (Lipinski definition) is 2. The molecular weight excluding hydrogens is 126 g/mol. The Labute approximate surface area is 59.6 Å². The first kappa shape index (κ1) is 6.74. The van der Waals surface area contributed by atoms with Crippen LogP contribution < -0.4 is 5.32 Å². The van der Waals surface area contributed by atoms with Crippen molar-refractivity contribution >= 4 is 5.84 Å². The maximum atomic E-state index is 7.33. The molecule has 0 spiro atoms. The molecule has 1 heterocycles. The molecule has 0 aliphatic rings. The number of aromatic nitrogens is 1. The minimum Gasteiger partial charge on any atom is -0.373 e. The van der Waals surface area contributed by atoms with Crippen molar-refractivity contribution in [2.24, 2.45) is 0 Å². The largest absolute Gasteiger partial charge is 0.373 e. The summed E-state index contributed by atoms with van der Waals surface area (Å²) < 4.78 is 0. The van der Waals surface area contributed by atoms with Crippen molar-refractivity contribution in [3.05, 3.63) is 30.1 Å². The van der Waals surface area contributed by atoms with E-state index in [1.807, 2.05) is 6.07 Å². The summed E-state index contributed by atoms with van der Waals surface area (Å²) >= 11 is 0. The average molecular weight is 135 g/mol. The van der Waals surface area contributed by atoms with Crippen LogP contribution in [-0.2, 0) is 0 Å². The molecule has 0 saturated heterocycles. The predicted molar refractivity (Wildman–Crippen MR) is 40.1 cm³/mol. The Hall–Kier alpha value is -1.38. The van der Waals surface area contributed by atoms with Crippen LogP contribution >= 0.6 is 0 Å². The number of nitrogens with zero attached hydrogens (tertiary/aromatic N) is 1. The van der Waals surface area contributed by atoms with Gasteiger partial charge in [0.25, 0.3) is 0 Å². The number of hydrogen-bond donors (Lipinski definition) is 2. The van der Waals surface area contributed by atoms with Crippen molar-refractivity contribution in [2.75, 3.05) is 7.05 Å². The van der Waals surface area contributed by atoms with E-state index in [0.717, 1.165) is 5.56 Å². The predicted octanol–water partition coefficient (Wildman–Crippen LogP) is 0.626. The summed E-state index contributed by atoms with van der Waals surface area (Å²) in [5.74, 6) is 0.396. The van der Waals surface area contributed by atoms with Crippen molar-refractivity contribution in [3.63, 3.8) is 0 Å². The second kappa shape index (κ2) is 2.96. The van der Waals surface area contributed by atoms with Crippen LogP contribution in [0.4, 0.5) is 0 Å². The lowest BCUT2D eigenvalue weighted by Gasteiger charge is -1.99. The standard InChI is InChI=1S/C7H9N3/c1-9-7(8)6-3-2-4-10-5-6/h2-5H,1H3,(H2,8,9). The van der Waals surface area contributed by atoms with E-state index in [9.17, 15) is 0 Å². The molecule has 0 radical (unpaired) electrons. The molecule has 0 saturated carbocycles. The van der Waals surface area contributed by atoms with Gasteiger partial charge in [-0.1, -0.05) is 0 Å². The normalized spacial score (nSPS) is 8.90. The summed E-state index contributed by atoms with van der Waals surface area (Å²) in [6.07, 6.45) is 3.34. The second-order valence-electron chi connectivity index (χ2n) is 1.87. The molecule has 0 unspecified atom stereocenters. The van der Waals surface area contributed by atoms with Crippen LogP contribution in [0.5, 0.6) is 0 Å². The zero-order valence-electron chi connectivity index (χ0n) is 5.76. The van der Waals surface area contributed by atoms with Crippen molar-refractivity contribution in [1.82, 2.24) is 10.3 Å². The summed E-state index contributed by atoms with van der Waals surface area (Å²) in [4.78, 5) is 3.87. The van der Waals surface area contributed by atoms with E-state index in [2.05, 4.69) is 10.3 Å². The van der Waals surface area contributed by atoms with E-state index in [0.29, 0.717) is 5.84 Å². The van der Waals surface area contributed by atoms with Gasteiger partial charge in [0, 0.05) is 25.0 Å². The van der Waals surface area contributed by atoms with Crippen LogP contribution in [0.2, 0.25) is 0 Å². The van der Waals surface area contributed by atoms with Gasteiger partial charge in [-0.25, -0.2) is 0 Å². The Morgan fingerprint density at radius 2 is 2.50 bits per heavy atom. The van der Waals surface area contributed by atoms with E-state index < -0.39 is 0 Å². The van der Waals surface area contributed by atoms with Crippen LogP contribution in [-0.4, -0.2) is 17.9 Å². The molecule has 3 nitrogen and oxygen atoms in total. The summed E-state index contributed by atoms with van der Waals surface area (Å²) in [7, 11) is 1.72. The molecule has 0 fully saturated rings. The maximum Gasteiger partial charge on any atom is 0.126 e. The van der Waals surface area contributed by atoms with Crippen molar-refractivity contribution in [3.8, 4) is 0 Å². The Kier molecular flexibility index (Phi) is 1.99. The van der Waals surface area contributed by atoms with E-state index >= 15 is 0 Å². The monoisotopic (exact) mass is 135 g/mol. The number of amidine groups is 1. The molecule has 1 aromatic heterocycles. The quantitative estimate of drug-likeness (QED) is 0.438. The van der Waals surface area contributed by atoms with E-state index in [1.54, 1.807) is 25.5 Å². The SMILES string of the molecule is CNC(=N)c1cccnc1. The summed E-state index contributed by atoms with van der Waals surface area (Å²) in [5.41, 5.74) is 0.810. The number of pyridine rings is 1. The molecule has 0 atom stereocenters. The first-order chi connectivity index (χ1) is 4.84. The molecule has 1 aromatic rings. The van der Waals surface area contributed by atoms with Gasteiger partial charge < -0.3 is 5.32 Å². The Morgan fingerprint density at radius 1 is 1.70 bits per heavy atom. The highest BCUT2D eigenvalue weighted by Gasteiger charge is 1.94. The maximum absolute atomic E-state index is 7.33. The molecule has 0 aromatic carbocycles. The fourth-order valence-corrected chi connectivity index (χ4v) is 0.655. The molecule has 0 aliphatic heterocycles. The van der Waals surface area contributed by atoms with Crippen LogP contribution in [0.3, 0.4) is 0 Å². The summed E-state index contributed by atoms with van der Waals surface area (Å²) in [5, 5.41) is 10.1. The molecule has 1 rings (SSSR count). The highest BCUT2D eigenvalue weighted by Crippen LogP contribution is 1.93. The smallest absolute Gasteiger partial charge is 0.126 e. The molecule has 2 N–H and O–H groups in total. The summed E-state index contributed by atoms with van der Waals surface area (Å²) in [6, 6.07) is 3.65. The molecule has 3 heteroatoms. The van der Waals surface area contributed by atoms with Gasteiger partial charge in [-0.15, -0.1) is 0 Å². The first-order valence-electron chi connectivity index (χ1n) is 3.01. The zero-order chi connectivity index (χ0) is 7.40. The van der Waals surface area contributed by atoms with Crippen LogP contribution in [0.25, 0.3) is 0 Å². The fraction of sp³-hybridized carbons (Fsp3) is 0.143. The van der Waals surface area contributed by atoms with Crippen LogP contribution in [0.1, 0.15) is 5.56 Å². The van der Waals surface area contributed by atoms with Gasteiger partial charge >= 0.3 is 0 Å². The van der Waals surface area contributed by atoms with E-state index in [1.165, 1.54) is 0 Å². The van der Waals surface area contributed by atoms with Gasteiger partial charge in [0.2, 0.25) is 0 Å². The van der Waals surface area contributed by atoms with Crippen LogP contribution in [0, 0.1) is 5.41 Å². The lowest BCUT2D eigenvalue weighted by molar-refractivity contribution is 1.13. The Balaban J connectivity index is 2.85. The van der Waals surface area contributed by atoms with Gasteiger partial charge in [-0.05, 0) is 12.1 Å². The zero-order valence-corrected chi connectivity index (χ0v) is 5.76. The molecule has 0 aliphatic carbocycles. The highest BCUT2D eigenvalue weighted by atomic mass is 14.9. The van der Waals surface area contributed by atoms with E-state index in [-0.39, 0.29) is 0 Å². The van der Waals surface area contributed by atoms with Gasteiger partial charge in [0.1, 0.15) is 5.84 Å². The number of rotatable bonds is 1. The van der Waals surface area contributed by atoms with Crippen molar-refractivity contribution in [2.45, 2.75) is 0 Å². The molecular formula is C7H9N3. The lowest BCUT2D eigenvalue weighted by Crippen LogP contribution is -2.17. The first-order valence-corrected chi connectivity index (χ1v) is 3.01. The topological polar surface area (TPSA) is 48.8 Å². The number of nitrogens with one attached hydrogen (secondary N) is 2. The van der Waals surface area contributed by atoms with Crippen molar-refractivity contribution in [1.29, 1.82) is 5.41 Å². The Bertz CT molecular complexity index is 218. The fourth-order valence-electron chi connectivity index (χ4n) is 0.655. The van der Waals surface area contributed by atoms with Crippen molar-refractivity contribution < 1.29 is 0 Å². The average Bonchev–Trinajstić information content (AvgIpc) is 2.05. The van der Waals surface area contributed by atoms with Gasteiger partial charge in [-0.3, -0.25) is 10.4 Å². The lowest BCUT2D eigenvalue weighted by atomic mass is 10.3. The second-order valence-corrected chi connectivity index (χ2v) is 1.87. The highest BCUT2D eigenvalue weighted by molar-refractivity contribution is 5.95.